The lowest BCUT2D eigenvalue weighted by atomic mass is 10.1. The molecule has 3 aromatic rings. The molecule has 0 bridgehead atoms. The van der Waals surface area contributed by atoms with Crippen LogP contribution in [0.1, 0.15) is 11.1 Å². The molecule has 0 aliphatic carbocycles. The Kier molecular flexibility index (Phi) is 3.77. The highest BCUT2D eigenvalue weighted by molar-refractivity contribution is 5.78. The number of hydrogen-bond acceptors (Lipinski definition) is 3. The molecule has 2 aromatic heterocycles. The molecule has 1 aliphatic rings. The lowest BCUT2D eigenvalue weighted by Crippen LogP contribution is -2.45. The van der Waals surface area contributed by atoms with E-state index in [-0.39, 0.29) is 0 Å². The summed E-state index contributed by atoms with van der Waals surface area (Å²) in [7, 11) is 2.20. The quantitative estimate of drug-likeness (QED) is 0.723. The Morgan fingerprint density at radius 2 is 1.67 bits per heavy atom. The van der Waals surface area contributed by atoms with Crippen molar-refractivity contribution >= 4 is 16.7 Å². The molecule has 0 amide bonds. The number of piperazine rings is 1. The van der Waals surface area contributed by atoms with E-state index in [4.69, 9.17) is 0 Å². The van der Waals surface area contributed by atoms with Gasteiger partial charge in [-0.2, -0.15) is 0 Å². The zero-order chi connectivity index (χ0) is 16.7. The molecule has 24 heavy (non-hydrogen) atoms. The highest BCUT2D eigenvalue weighted by atomic mass is 15.2. The van der Waals surface area contributed by atoms with Crippen molar-refractivity contribution in [3.05, 3.63) is 53.9 Å². The van der Waals surface area contributed by atoms with Gasteiger partial charge in [0.15, 0.2) is 0 Å². The molecular formula is C20H24N4. The van der Waals surface area contributed by atoms with Gasteiger partial charge in [0, 0.05) is 55.3 Å². The maximum Gasteiger partial charge on any atom is 0.144 e. The second-order valence-corrected chi connectivity index (χ2v) is 6.82. The molecule has 124 valence electrons. The van der Waals surface area contributed by atoms with Crippen molar-refractivity contribution in [1.82, 2.24) is 14.5 Å². The van der Waals surface area contributed by atoms with Gasteiger partial charge in [-0.3, -0.25) is 0 Å². The Bertz CT molecular complexity index is 849. The molecule has 3 heterocycles. The van der Waals surface area contributed by atoms with Gasteiger partial charge in [-0.15, -0.1) is 0 Å². The standard InChI is InChI=1S/C20H24N4/c1-15-13-18(24-8-6-17-5-4-7-21-20(17)24)14-16(2)19(15)23-11-9-22(3)10-12-23/h4-8,13-14H,9-12H2,1-3H3. The Morgan fingerprint density at radius 3 is 2.38 bits per heavy atom. The number of aromatic nitrogens is 2. The fourth-order valence-electron chi connectivity index (χ4n) is 3.78. The van der Waals surface area contributed by atoms with Gasteiger partial charge in [-0.1, -0.05) is 0 Å². The van der Waals surface area contributed by atoms with Crippen LogP contribution in [0.4, 0.5) is 5.69 Å². The summed E-state index contributed by atoms with van der Waals surface area (Å²) in [5, 5.41) is 1.18. The third-order valence-electron chi connectivity index (χ3n) is 5.02. The summed E-state index contributed by atoms with van der Waals surface area (Å²) in [6.07, 6.45) is 3.97. The van der Waals surface area contributed by atoms with E-state index in [2.05, 4.69) is 70.7 Å². The van der Waals surface area contributed by atoms with Crippen molar-refractivity contribution < 1.29 is 0 Å². The first-order valence-corrected chi connectivity index (χ1v) is 8.61. The largest absolute Gasteiger partial charge is 0.369 e. The Morgan fingerprint density at radius 1 is 0.958 bits per heavy atom. The highest BCUT2D eigenvalue weighted by Gasteiger charge is 2.18. The smallest absolute Gasteiger partial charge is 0.144 e. The number of hydrogen-bond donors (Lipinski definition) is 0. The van der Waals surface area contributed by atoms with E-state index in [9.17, 15) is 0 Å². The molecule has 4 nitrogen and oxygen atoms in total. The van der Waals surface area contributed by atoms with Crippen molar-refractivity contribution in [3.63, 3.8) is 0 Å². The number of likely N-dealkylation sites (N-methyl/N-ethyl adjacent to an activating group) is 1. The first-order valence-electron chi connectivity index (χ1n) is 8.61. The van der Waals surface area contributed by atoms with Crippen LogP contribution in [0.3, 0.4) is 0 Å². The molecule has 4 heteroatoms. The minimum atomic E-state index is 1.02. The Labute approximate surface area is 143 Å². The summed E-state index contributed by atoms with van der Waals surface area (Å²) in [5.41, 5.74) is 6.29. The molecule has 0 radical (unpaired) electrons. The minimum Gasteiger partial charge on any atom is -0.369 e. The molecule has 0 spiro atoms. The van der Waals surface area contributed by atoms with Crippen molar-refractivity contribution in [2.75, 3.05) is 38.1 Å². The number of fused-ring (bicyclic) bond motifs is 1. The summed E-state index contributed by atoms with van der Waals surface area (Å²) in [5.74, 6) is 0. The number of aryl methyl sites for hydroxylation is 2. The third kappa shape index (κ3) is 2.57. The van der Waals surface area contributed by atoms with Crippen molar-refractivity contribution in [2.45, 2.75) is 13.8 Å². The van der Waals surface area contributed by atoms with Crippen molar-refractivity contribution in [1.29, 1.82) is 0 Å². The molecule has 0 saturated carbocycles. The number of benzene rings is 1. The lowest BCUT2D eigenvalue weighted by molar-refractivity contribution is 0.312. The predicted octanol–water partition coefficient (Wildman–Crippen LogP) is 3.39. The second kappa shape index (κ2) is 5.95. The van der Waals surface area contributed by atoms with Crippen molar-refractivity contribution in [3.8, 4) is 5.69 Å². The number of pyridine rings is 1. The van der Waals surface area contributed by atoms with Gasteiger partial charge >= 0.3 is 0 Å². The summed E-state index contributed by atoms with van der Waals surface area (Å²) in [6.45, 7) is 8.92. The number of nitrogens with zero attached hydrogens (tertiary/aromatic N) is 4. The fourth-order valence-corrected chi connectivity index (χ4v) is 3.78. The normalized spacial score (nSPS) is 16.0. The zero-order valence-electron chi connectivity index (χ0n) is 14.7. The van der Waals surface area contributed by atoms with Gasteiger partial charge in [-0.25, -0.2) is 4.98 Å². The van der Waals surface area contributed by atoms with E-state index < -0.39 is 0 Å². The molecule has 4 rings (SSSR count). The maximum absolute atomic E-state index is 4.54. The monoisotopic (exact) mass is 320 g/mol. The average molecular weight is 320 g/mol. The van der Waals surface area contributed by atoms with Gasteiger partial charge in [0.05, 0.1) is 0 Å². The summed E-state index contributed by atoms with van der Waals surface area (Å²) in [4.78, 5) is 9.47. The second-order valence-electron chi connectivity index (χ2n) is 6.82. The highest BCUT2D eigenvalue weighted by Crippen LogP contribution is 2.30. The van der Waals surface area contributed by atoms with E-state index in [0.29, 0.717) is 0 Å². The van der Waals surface area contributed by atoms with Crippen LogP contribution in [0.2, 0.25) is 0 Å². The van der Waals surface area contributed by atoms with Crippen LogP contribution in [0, 0.1) is 13.8 Å². The summed E-state index contributed by atoms with van der Waals surface area (Å²) >= 11 is 0. The maximum atomic E-state index is 4.54. The van der Waals surface area contributed by atoms with Gasteiger partial charge in [0.2, 0.25) is 0 Å². The van der Waals surface area contributed by atoms with Crippen LogP contribution >= 0.6 is 0 Å². The zero-order valence-corrected chi connectivity index (χ0v) is 14.7. The molecule has 0 N–H and O–H groups in total. The predicted molar refractivity (Wildman–Crippen MR) is 100 cm³/mol. The SMILES string of the molecule is Cc1cc(-n2ccc3cccnc32)cc(C)c1N1CCN(C)CC1. The van der Waals surface area contributed by atoms with Crippen LogP contribution in [-0.4, -0.2) is 47.7 Å². The molecule has 1 aliphatic heterocycles. The molecule has 0 unspecified atom stereocenters. The molecule has 0 atom stereocenters. The molecule has 1 aromatic carbocycles. The van der Waals surface area contributed by atoms with Crippen LogP contribution in [0.5, 0.6) is 0 Å². The van der Waals surface area contributed by atoms with Gasteiger partial charge < -0.3 is 14.4 Å². The summed E-state index contributed by atoms with van der Waals surface area (Å²) < 4.78 is 2.18. The fraction of sp³-hybridized carbons (Fsp3) is 0.350. The molecule has 1 saturated heterocycles. The van der Waals surface area contributed by atoms with E-state index >= 15 is 0 Å². The summed E-state index contributed by atoms with van der Waals surface area (Å²) in [6, 6.07) is 10.8. The Hall–Kier alpha value is -2.33. The number of anilines is 1. The molecular weight excluding hydrogens is 296 g/mol. The van der Waals surface area contributed by atoms with E-state index in [0.717, 1.165) is 31.8 Å². The van der Waals surface area contributed by atoms with Crippen LogP contribution in [0.25, 0.3) is 16.7 Å². The van der Waals surface area contributed by atoms with Crippen LogP contribution < -0.4 is 4.90 Å². The van der Waals surface area contributed by atoms with Gasteiger partial charge in [0.1, 0.15) is 5.65 Å². The van der Waals surface area contributed by atoms with E-state index in [1.165, 1.54) is 27.9 Å². The van der Waals surface area contributed by atoms with Gasteiger partial charge in [0.25, 0.3) is 0 Å². The number of rotatable bonds is 2. The minimum absolute atomic E-state index is 1.02. The average Bonchev–Trinajstić information content (AvgIpc) is 3.00. The van der Waals surface area contributed by atoms with Gasteiger partial charge in [-0.05, 0) is 62.4 Å². The van der Waals surface area contributed by atoms with E-state index in [1.54, 1.807) is 0 Å². The topological polar surface area (TPSA) is 24.3 Å². The molecule has 1 fully saturated rings. The van der Waals surface area contributed by atoms with E-state index in [1.807, 2.05) is 12.3 Å². The first-order chi connectivity index (χ1) is 11.6. The van der Waals surface area contributed by atoms with Crippen LogP contribution in [-0.2, 0) is 0 Å². The lowest BCUT2D eigenvalue weighted by Gasteiger charge is -2.36. The van der Waals surface area contributed by atoms with Crippen molar-refractivity contribution in [2.24, 2.45) is 0 Å². The Balaban J connectivity index is 1.74. The third-order valence-corrected chi connectivity index (χ3v) is 5.02. The first kappa shape index (κ1) is 15.2. The van der Waals surface area contributed by atoms with Crippen LogP contribution in [0.15, 0.2) is 42.7 Å².